The van der Waals surface area contributed by atoms with Crippen LogP contribution in [0.5, 0.6) is 0 Å². The monoisotopic (exact) mass is 612 g/mol. The molecule has 5 N–H and O–H groups in total. The van der Waals surface area contributed by atoms with Crippen LogP contribution in [0.2, 0.25) is 0 Å². The number of benzene rings is 2. The smallest absolute Gasteiger partial charge is 0.252 e. The number of ether oxygens (including phenoxy) is 1. The van der Waals surface area contributed by atoms with E-state index in [0.717, 1.165) is 16.8 Å². The molecule has 1 fully saturated rings. The lowest BCUT2D eigenvalue weighted by Crippen LogP contribution is -2.42. The van der Waals surface area contributed by atoms with Crippen LogP contribution in [0.1, 0.15) is 37.2 Å². The van der Waals surface area contributed by atoms with Gasteiger partial charge in [-0.1, -0.05) is 60.7 Å². The van der Waals surface area contributed by atoms with Gasteiger partial charge in [-0.2, -0.15) is 9.97 Å². The number of hydrogen-bond acceptors (Lipinski definition) is 10. The number of amides is 1. The maximum Gasteiger partial charge on any atom is 0.252 e. The predicted octanol–water partition coefficient (Wildman–Crippen LogP) is 2.21. The Morgan fingerprint density at radius 3 is 2.42 bits per heavy atom. The average Bonchev–Trinajstić information content (AvgIpc) is 3.78. The molecule has 0 bridgehead atoms. The Bertz CT molecular complexity index is 1710. The van der Waals surface area contributed by atoms with Crippen LogP contribution in [0, 0.1) is 0 Å². The molecule has 6 rings (SSSR count). The molecule has 2 aromatic carbocycles. The number of carbonyl (C=O) groups excluding carboxylic acids is 1. The van der Waals surface area contributed by atoms with Crippen LogP contribution >= 0.6 is 0 Å². The molecule has 4 heterocycles. The van der Waals surface area contributed by atoms with E-state index in [1.165, 1.54) is 10.9 Å². The van der Waals surface area contributed by atoms with Crippen molar-refractivity contribution in [2.75, 3.05) is 30.3 Å². The van der Waals surface area contributed by atoms with Gasteiger partial charge in [-0.05, 0) is 18.0 Å². The summed E-state index contributed by atoms with van der Waals surface area (Å²) in [6, 6.07) is 20.4. The Morgan fingerprint density at radius 1 is 1.02 bits per heavy atom. The Labute approximate surface area is 261 Å². The highest BCUT2D eigenvalue weighted by Gasteiger charge is 2.47. The second-order valence-electron chi connectivity index (χ2n) is 10.9. The third-order valence-corrected chi connectivity index (χ3v) is 7.95. The molecule has 3 aromatic heterocycles. The molecule has 1 aliphatic rings. The SMILES string of the molecule is [2H]CCNC(=O)[C@H]1OC(n2cnc3c(NCC(c4ccccc4)c4ccccc4)nc(NCCc4cncn4C)nc32)[C@H](O)[C@@H]1O. The summed E-state index contributed by atoms with van der Waals surface area (Å²) in [6.45, 7) is 1.10. The van der Waals surface area contributed by atoms with E-state index in [4.69, 9.17) is 16.1 Å². The summed E-state index contributed by atoms with van der Waals surface area (Å²) in [5, 5.41) is 31.0. The highest BCUT2D eigenvalue weighted by molar-refractivity contribution is 5.85. The molecule has 0 saturated carbocycles. The molecule has 13 heteroatoms. The Morgan fingerprint density at radius 2 is 1.76 bits per heavy atom. The first kappa shape index (κ1) is 28.9. The number of nitrogens with one attached hydrogen (secondary N) is 3. The fourth-order valence-electron chi connectivity index (χ4n) is 5.56. The standard InChI is InChI=1S/C32H37N9O4/c1-3-34-30(44)27-25(42)26(43)31(45-27)41-19-37-24-28(38-32(39-29(24)41)35-15-14-22-16-33-18-40(22)2)36-17-23(20-10-6-4-7-11-20)21-12-8-5-9-13-21/h4-13,16,18-19,23,25-27,31,42-43H,3,14-15,17H2,1-2H3,(H,34,44)(H2,35,36,38,39)/t25-,26+,27-,31?/m0/s1/i1D. The average molecular weight is 613 g/mol. The Kier molecular flexibility index (Phi) is 8.62. The summed E-state index contributed by atoms with van der Waals surface area (Å²) < 4.78 is 16.6. The summed E-state index contributed by atoms with van der Waals surface area (Å²) in [5.74, 6) is 0.205. The quantitative estimate of drug-likeness (QED) is 0.141. The molecule has 0 radical (unpaired) electrons. The van der Waals surface area contributed by atoms with Gasteiger partial charge in [-0.3, -0.25) is 9.36 Å². The van der Waals surface area contributed by atoms with Crippen molar-refractivity contribution in [3.05, 3.63) is 96.3 Å². The van der Waals surface area contributed by atoms with Crippen LogP contribution in [-0.2, 0) is 23.0 Å². The number of rotatable bonds is 12. The second-order valence-corrected chi connectivity index (χ2v) is 10.9. The molecule has 0 aliphatic carbocycles. The first-order valence-corrected chi connectivity index (χ1v) is 14.8. The minimum atomic E-state index is -1.48. The van der Waals surface area contributed by atoms with Crippen LogP contribution in [-0.4, -0.2) is 83.1 Å². The number of hydrogen-bond donors (Lipinski definition) is 5. The third-order valence-electron chi connectivity index (χ3n) is 7.95. The summed E-state index contributed by atoms with van der Waals surface area (Å²) >= 11 is 0. The molecule has 45 heavy (non-hydrogen) atoms. The zero-order valence-electron chi connectivity index (χ0n) is 25.8. The summed E-state index contributed by atoms with van der Waals surface area (Å²) in [4.78, 5) is 30.9. The van der Waals surface area contributed by atoms with Gasteiger partial charge in [0.25, 0.3) is 5.91 Å². The minimum absolute atomic E-state index is 0.00822. The molecular weight excluding hydrogens is 574 g/mol. The largest absolute Gasteiger partial charge is 0.387 e. The maximum atomic E-state index is 12.6. The molecule has 5 aromatic rings. The number of fused-ring (bicyclic) bond motifs is 1. The van der Waals surface area contributed by atoms with Crippen molar-refractivity contribution in [1.82, 2.24) is 34.4 Å². The van der Waals surface area contributed by atoms with Crippen molar-refractivity contribution in [2.24, 2.45) is 7.05 Å². The fraction of sp³-hybridized carbons (Fsp3) is 0.344. The highest BCUT2D eigenvalue weighted by atomic mass is 16.6. The lowest BCUT2D eigenvalue weighted by atomic mass is 9.91. The number of nitrogens with zero attached hydrogens (tertiary/aromatic N) is 6. The van der Waals surface area contributed by atoms with Crippen molar-refractivity contribution >= 4 is 28.8 Å². The minimum Gasteiger partial charge on any atom is -0.387 e. The first-order valence-electron chi connectivity index (χ1n) is 15.5. The van der Waals surface area contributed by atoms with Crippen molar-refractivity contribution < 1.29 is 21.1 Å². The van der Waals surface area contributed by atoms with E-state index in [0.29, 0.717) is 42.4 Å². The van der Waals surface area contributed by atoms with Crippen molar-refractivity contribution in [3.63, 3.8) is 0 Å². The van der Waals surface area contributed by atoms with Gasteiger partial charge in [-0.25, -0.2) is 9.97 Å². The number of anilines is 2. The molecule has 4 atom stereocenters. The molecular formula is C32H37N9O4. The third kappa shape index (κ3) is 6.36. The van der Waals surface area contributed by atoms with E-state index in [9.17, 15) is 15.0 Å². The fourth-order valence-corrected chi connectivity index (χ4v) is 5.56. The van der Waals surface area contributed by atoms with Gasteiger partial charge in [0, 0.05) is 52.3 Å². The first-order chi connectivity index (χ1) is 22.4. The molecule has 0 spiro atoms. The highest BCUT2D eigenvalue weighted by Crippen LogP contribution is 2.34. The van der Waals surface area contributed by atoms with Gasteiger partial charge in [0.1, 0.15) is 12.2 Å². The van der Waals surface area contributed by atoms with Crippen LogP contribution in [0.25, 0.3) is 11.2 Å². The van der Waals surface area contributed by atoms with Gasteiger partial charge in [0.2, 0.25) is 5.95 Å². The van der Waals surface area contributed by atoms with Crippen LogP contribution in [0.4, 0.5) is 11.8 Å². The zero-order valence-corrected chi connectivity index (χ0v) is 24.8. The van der Waals surface area contributed by atoms with Gasteiger partial charge < -0.3 is 35.5 Å². The van der Waals surface area contributed by atoms with E-state index in [2.05, 4.69) is 50.2 Å². The molecule has 1 aliphatic heterocycles. The normalized spacial score (nSPS) is 20.0. The van der Waals surface area contributed by atoms with Gasteiger partial charge in [-0.15, -0.1) is 0 Å². The lowest BCUT2D eigenvalue weighted by molar-refractivity contribution is -0.137. The number of likely N-dealkylation sites (N-methyl/N-ethyl adjacent to an activating group) is 1. The molecule has 1 unspecified atom stereocenters. The van der Waals surface area contributed by atoms with Crippen LogP contribution in [0.3, 0.4) is 0 Å². The number of aromatic nitrogens is 6. The van der Waals surface area contributed by atoms with E-state index < -0.39 is 30.4 Å². The summed E-state index contributed by atoms with van der Waals surface area (Å²) in [5.41, 5.74) is 4.09. The van der Waals surface area contributed by atoms with Crippen LogP contribution in [0.15, 0.2) is 79.5 Å². The molecule has 1 amide bonds. The van der Waals surface area contributed by atoms with Crippen molar-refractivity contribution in [3.8, 4) is 0 Å². The predicted molar refractivity (Wildman–Crippen MR) is 169 cm³/mol. The lowest BCUT2D eigenvalue weighted by Gasteiger charge is -2.20. The number of imidazole rings is 2. The summed E-state index contributed by atoms with van der Waals surface area (Å²) in [7, 11) is 1.93. The molecule has 13 nitrogen and oxygen atoms in total. The van der Waals surface area contributed by atoms with E-state index in [1.807, 2.05) is 54.2 Å². The topological polar surface area (TPSA) is 164 Å². The molecule has 234 valence electrons. The Hall–Kier alpha value is -4.85. The zero-order chi connectivity index (χ0) is 32.0. The maximum absolute atomic E-state index is 12.6. The van der Waals surface area contributed by atoms with E-state index in [-0.39, 0.29) is 19.4 Å². The van der Waals surface area contributed by atoms with E-state index >= 15 is 0 Å². The summed E-state index contributed by atoms with van der Waals surface area (Å²) in [6.07, 6.45) is 0.309. The number of aliphatic hydroxyl groups excluding tert-OH is 2. The van der Waals surface area contributed by atoms with Gasteiger partial charge in [0.15, 0.2) is 29.3 Å². The Balaban J connectivity index is 1.32. The van der Waals surface area contributed by atoms with E-state index in [1.54, 1.807) is 6.33 Å². The number of carbonyl (C=O) groups is 1. The van der Waals surface area contributed by atoms with Crippen molar-refractivity contribution in [1.29, 1.82) is 0 Å². The number of aliphatic hydroxyl groups is 2. The van der Waals surface area contributed by atoms with Gasteiger partial charge in [0.05, 0.1) is 12.7 Å². The van der Waals surface area contributed by atoms with Crippen molar-refractivity contribution in [2.45, 2.75) is 43.8 Å². The second kappa shape index (κ2) is 13.4. The van der Waals surface area contributed by atoms with Crippen LogP contribution < -0.4 is 16.0 Å². The van der Waals surface area contributed by atoms with Gasteiger partial charge >= 0.3 is 0 Å². The molecule has 1 saturated heterocycles. The number of aryl methyl sites for hydroxylation is 1.